The highest BCUT2D eigenvalue weighted by molar-refractivity contribution is 5.56. The molecule has 0 bridgehead atoms. The number of benzene rings is 1. The maximum absolute atomic E-state index is 5.40. The summed E-state index contributed by atoms with van der Waals surface area (Å²) in [5.74, 6) is 1.71. The first kappa shape index (κ1) is 11.7. The highest BCUT2D eigenvalue weighted by atomic mass is 16.7. The number of hydrogen-bond donors (Lipinski definition) is 1. The van der Waals surface area contributed by atoms with Crippen LogP contribution < -0.4 is 14.8 Å². The van der Waals surface area contributed by atoms with Gasteiger partial charge in [-0.3, -0.25) is 0 Å². The highest BCUT2D eigenvalue weighted by Crippen LogP contribution is 2.38. The molecule has 2 aliphatic rings. The zero-order valence-corrected chi connectivity index (χ0v) is 11.2. The molecule has 0 amide bonds. The van der Waals surface area contributed by atoms with Crippen molar-refractivity contribution in [1.82, 2.24) is 0 Å². The van der Waals surface area contributed by atoms with Gasteiger partial charge in [0, 0.05) is 17.8 Å². The highest BCUT2D eigenvalue weighted by Gasteiger charge is 2.26. The number of ether oxygens (including phenoxy) is 2. The fraction of sp³-hybridized carbons (Fsp3) is 0.600. The Bertz CT molecular complexity index is 432. The van der Waals surface area contributed by atoms with Crippen LogP contribution in [0.5, 0.6) is 11.5 Å². The molecule has 1 N–H and O–H groups in total. The van der Waals surface area contributed by atoms with Gasteiger partial charge in [-0.1, -0.05) is 13.8 Å². The lowest BCUT2D eigenvalue weighted by Crippen LogP contribution is -2.29. The lowest BCUT2D eigenvalue weighted by atomic mass is 9.75. The van der Waals surface area contributed by atoms with Crippen molar-refractivity contribution in [2.75, 3.05) is 12.1 Å². The van der Waals surface area contributed by atoms with Crippen molar-refractivity contribution >= 4 is 5.69 Å². The quantitative estimate of drug-likeness (QED) is 0.862. The second kappa shape index (κ2) is 4.38. The lowest BCUT2D eigenvalue weighted by molar-refractivity contribution is 0.174. The average Bonchev–Trinajstić information content (AvgIpc) is 2.79. The Balaban J connectivity index is 1.63. The van der Waals surface area contributed by atoms with Crippen molar-refractivity contribution in [2.45, 2.75) is 45.6 Å². The van der Waals surface area contributed by atoms with Gasteiger partial charge >= 0.3 is 0 Å². The Hall–Kier alpha value is -1.38. The third-order valence-electron chi connectivity index (χ3n) is 4.08. The van der Waals surface area contributed by atoms with Crippen LogP contribution in [0.25, 0.3) is 0 Å². The number of fused-ring (bicyclic) bond motifs is 1. The molecule has 3 nitrogen and oxygen atoms in total. The molecule has 1 fully saturated rings. The molecule has 0 radical (unpaired) electrons. The molecule has 1 aromatic carbocycles. The van der Waals surface area contributed by atoms with Gasteiger partial charge in [-0.25, -0.2) is 0 Å². The van der Waals surface area contributed by atoms with Crippen molar-refractivity contribution in [2.24, 2.45) is 5.41 Å². The van der Waals surface area contributed by atoms with E-state index in [0.29, 0.717) is 18.2 Å². The van der Waals surface area contributed by atoms with E-state index in [0.717, 1.165) is 17.2 Å². The first-order chi connectivity index (χ1) is 8.62. The van der Waals surface area contributed by atoms with Crippen LogP contribution in [0.4, 0.5) is 5.69 Å². The molecule has 98 valence electrons. The number of anilines is 1. The van der Waals surface area contributed by atoms with Crippen molar-refractivity contribution < 1.29 is 9.47 Å². The Morgan fingerprint density at radius 3 is 2.61 bits per heavy atom. The Morgan fingerprint density at radius 2 is 1.83 bits per heavy atom. The first-order valence-electron chi connectivity index (χ1n) is 6.79. The summed E-state index contributed by atoms with van der Waals surface area (Å²) in [7, 11) is 0. The van der Waals surface area contributed by atoms with Gasteiger partial charge in [-0.15, -0.1) is 0 Å². The minimum absolute atomic E-state index is 0.344. The Morgan fingerprint density at radius 1 is 1.11 bits per heavy atom. The number of rotatable bonds is 2. The Labute approximate surface area is 108 Å². The van der Waals surface area contributed by atoms with Gasteiger partial charge < -0.3 is 14.8 Å². The van der Waals surface area contributed by atoms with E-state index >= 15 is 0 Å². The lowest BCUT2D eigenvalue weighted by Gasteiger charge is -2.35. The summed E-state index contributed by atoms with van der Waals surface area (Å²) in [6, 6.07) is 6.70. The third kappa shape index (κ3) is 2.40. The third-order valence-corrected chi connectivity index (χ3v) is 4.08. The average molecular weight is 247 g/mol. The van der Waals surface area contributed by atoms with Gasteiger partial charge in [0.15, 0.2) is 11.5 Å². The van der Waals surface area contributed by atoms with E-state index in [1.54, 1.807) is 0 Å². The van der Waals surface area contributed by atoms with Crippen LogP contribution in [0, 0.1) is 5.41 Å². The van der Waals surface area contributed by atoms with E-state index in [4.69, 9.17) is 9.47 Å². The van der Waals surface area contributed by atoms with E-state index in [1.807, 2.05) is 12.1 Å². The zero-order chi connectivity index (χ0) is 12.6. The van der Waals surface area contributed by atoms with Crippen molar-refractivity contribution in [1.29, 1.82) is 0 Å². The molecule has 0 unspecified atom stereocenters. The summed E-state index contributed by atoms with van der Waals surface area (Å²) >= 11 is 0. The van der Waals surface area contributed by atoms with Crippen molar-refractivity contribution in [3.8, 4) is 11.5 Å². The molecule has 0 aromatic heterocycles. The van der Waals surface area contributed by atoms with Crippen LogP contribution in [0.2, 0.25) is 0 Å². The predicted octanol–water partition coefficient (Wildman–Crippen LogP) is 3.80. The van der Waals surface area contributed by atoms with Gasteiger partial charge in [0.25, 0.3) is 0 Å². The molecule has 3 rings (SSSR count). The molecule has 1 aliphatic carbocycles. The summed E-state index contributed by atoms with van der Waals surface area (Å²) in [5.41, 5.74) is 1.66. The summed E-state index contributed by atoms with van der Waals surface area (Å²) < 4.78 is 10.7. The van der Waals surface area contributed by atoms with Gasteiger partial charge in [-0.2, -0.15) is 0 Å². The Kier molecular flexibility index (Phi) is 2.84. The van der Waals surface area contributed by atoms with Gasteiger partial charge in [0.2, 0.25) is 6.79 Å². The number of nitrogens with one attached hydrogen (secondary N) is 1. The maximum atomic E-state index is 5.40. The second-order valence-corrected chi connectivity index (χ2v) is 6.15. The molecule has 0 spiro atoms. The van der Waals surface area contributed by atoms with Gasteiger partial charge in [0.05, 0.1) is 0 Å². The van der Waals surface area contributed by atoms with Crippen LogP contribution in [0.15, 0.2) is 18.2 Å². The van der Waals surface area contributed by atoms with Gasteiger partial charge in [-0.05, 0) is 43.2 Å². The van der Waals surface area contributed by atoms with Crippen LogP contribution in [0.3, 0.4) is 0 Å². The van der Waals surface area contributed by atoms with E-state index in [2.05, 4.69) is 25.2 Å². The molecule has 1 saturated carbocycles. The molecule has 0 atom stereocenters. The fourth-order valence-electron chi connectivity index (χ4n) is 2.77. The molecule has 1 heterocycles. The SMILES string of the molecule is CC1(C)CCC(Nc2ccc3c(c2)OCO3)CC1. The molecular weight excluding hydrogens is 226 g/mol. The summed E-state index contributed by atoms with van der Waals surface area (Å²) in [5, 5.41) is 3.61. The largest absolute Gasteiger partial charge is 0.454 e. The second-order valence-electron chi connectivity index (χ2n) is 6.15. The molecule has 1 aliphatic heterocycles. The molecule has 3 heteroatoms. The summed E-state index contributed by atoms with van der Waals surface area (Å²) in [6.07, 6.45) is 5.10. The summed E-state index contributed by atoms with van der Waals surface area (Å²) in [4.78, 5) is 0. The first-order valence-corrected chi connectivity index (χ1v) is 6.79. The van der Waals surface area contributed by atoms with Crippen LogP contribution in [0.1, 0.15) is 39.5 Å². The number of hydrogen-bond acceptors (Lipinski definition) is 3. The van der Waals surface area contributed by atoms with Crippen molar-refractivity contribution in [3.05, 3.63) is 18.2 Å². The van der Waals surface area contributed by atoms with E-state index in [9.17, 15) is 0 Å². The van der Waals surface area contributed by atoms with Crippen molar-refractivity contribution in [3.63, 3.8) is 0 Å². The molecule has 0 saturated heterocycles. The van der Waals surface area contributed by atoms with Gasteiger partial charge in [0.1, 0.15) is 0 Å². The smallest absolute Gasteiger partial charge is 0.231 e. The van der Waals surface area contributed by atoms with E-state index in [1.165, 1.54) is 25.7 Å². The monoisotopic (exact) mass is 247 g/mol. The zero-order valence-electron chi connectivity index (χ0n) is 11.2. The van der Waals surface area contributed by atoms with E-state index < -0.39 is 0 Å². The molecule has 18 heavy (non-hydrogen) atoms. The van der Waals surface area contributed by atoms with E-state index in [-0.39, 0.29) is 0 Å². The maximum Gasteiger partial charge on any atom is 0.231 e. The minimum Gasteiger partial charge on any atom is -0.454 e. The fourth-order valence-corrected chi connectivity index (χ4v) is 2.77. The molecular formula is C15H21NO2. The van der Waals surface area contributed by atoms with Crippen LogP contribution in [-0.4, -0.2) is 12.8 Å². The topological polar surface area (TPSA) is 30.5 Å². The molecule has 1 aromatic rings. The van der Waals surface area contributed by atoms with Crippen LogP contribution in [-0.2, 0) is 0 Å². The summed E-state index contributed by atoms with van der Waals surface area (Å²) in [6.45, 7) is 5.07. The van der Waals surface area contributed by atoms with Crippen LogP contribution >= 0.6 is 0 Å². The predicted molar refractivity (Wildman–Crippen MR) is 72.2 cm³/mol. The minimum atomic E-state index is 0.344. The normalized spacial score (nSPS) is 21.9. The standard InChI is InChI=1S/C15H21NO2/c1-15(2)7-5-11(6-8-15)16-12-3-4-13-14(9-12)18-10-17-13/h3-4,9,11,16H,5-8,10H2,1-2H3.